The van der Waals surface area contributed by atoms with Crippen LogP contribution >= 0.6 is 0 Å². The van der Waals surface area contributed by atoms with Gasteiger partial charge in [0, 0.05) is 0 Å². The van der Waals surface area contributed by atoms with E-state index in [1.165, 1.54) is 6.42 Å². The molecule has 1 aliphatic rings. The highest BCUT2D eigenvalue weighted by atomic mass is 14.5. The molecule has 0 heteroatoms. The van der Waals surface area contributed by atoms with Crippen LogP contribution in [-0.4, -0.2) is 0 Å². The fraction of sp³-hybridized carbons (Fsp3) is 1.00. The molecule has 1 aliphatic carbocycles. The fourth-order valence-electron chi connectivity index (χ4n) is 1.41. The molecular formula is C8H16. The van der Waals surface area contributed by atoms with Crippen molar-refractivity contribution in [2.24, 2.45) is 17.3 Å². The van der Waals surface area contributed by atoms with Crippen LogP contribution in [-0.2, 0) is 0 Å². The Kier molecular flexibility index (Phi) is 1.14. The van der Waals surface area contributed by atoms with E-state index in [-0.39, 0.29) is 0 Å². The van der Waals surface area contributed by atoms with Gasteiger partial charge in [0.05, 0.1) is 0 Å². The maximum Gasteiger partial charge on any atom is -0.0274 e. The summed E-state index contributed by atoms with van der Waals surface area (Å²) in [6, 6.07) is 0. The smallest absolute Gasteiger partial charge is 0.0274 e. The van der Waals surface area contributed by atoms with Gasteiger partial charge in [-0.2, -0.15) is 0 Å². The predicted octanol–water partition coefficient (Wildman–Crippen LogP) is 2.69. The lowest BCUT2D eigenvalue weighted by atomic mass is 9.93. The van der Waals surface area contributed by atoms with Crippen LogP contribution in [0.15, 0.2) is 0 Å². The Labute approximate surface area is 52.3 Å². The van der Waals surface area contributed by atoms with Gasteiger partial charge in [-0.1, -0.05) is 27.7 Å². The quantitative estimate of drug-likeness (QED) is 0.489. The lowest BCUT2D eigenvalue weighted by Crippen LogP contribution is -2.05. The standard InChI is InChI=1S/C8H16/c1-6(2)8(4)5-7(8)3/h6-7H,5H2,1-4H3. The summed E-state index contributed by atoms with van der Waals surface area (Å²) in [6.45, 7) is 9.38. The van der Waals surface area contributed by atoms with Crippen LogP contribution in [0.1, 0.15) is 34.1 Å². The molecule has 0 heterocycles. The highest BCUT2D eigenvalue weighted by molar-refractivity contribution is 4.97. The van der Waals surface area contributed by atoms with Crippen LogP contribution in [0.4, 0.5) is 0 Å². The molecule has 0 aromatic rings. The van der Waals surface area contributed by atoms with E-state index in [9.17, 15) is 0 Å². The summed E-state index contributed by atoms with van der Waals surface area (Å²) in [6.07, 6.45) is 1.45. The van der Waals surface area contributed by atoms with Crippen molar-refractivity contribution in [2.75, 3.05) is 0 Å². The maximum absolute atomic E-state index is 2.39. The largest absolute Gasteiger partial charge is 0.0622 e. The van der Waals surface area contributed by atoms with Crippen molar-refractivity contribution in [3.05, 3.63) is 0 Å². The Morgan fingerprint density at radius 1 is 1.50 bits per heavy atom. The molecule has 0 radical (unpaired) electrons. The van der Waals surface area contributed by atoms with E-state index < -0.39 is 0 Å². The molecule has 0 nitrogen and oxygen atoms in total. The minimum Gasteiger partial charge on any atom is -0.0622 e. The monoisotopic (exact) mass is 112 g/mol. The lowest BCUT2D eigenvalue weighted by molar-refractivity contribution is 0.366. The zero-order valence-corrected chi connectivity index (χ0v) is 6.36. The SMILES string of the molecule is CC(C)C1(C)CC1C. The minimum atomic E-state index is 0.708. The second-order valence-corrected chi connectivity index (χ2v) is 3.77. The maximum atomic E-state index is 2.39. The highest BCUT2D eigenvalue weighted by Crippen LogP contribution is 2.56. The molecule has 0 saturated heterocycles. The minimum absolute atomic E-state index is 0.708. The Balaban J connectivity index is 2.47. The first kappa shape index (κ1) is 6.12. The van der Waals surface area contributed by atoms with Crippen molar-refractivity contribution < 1.29 is 0 Å². The fourth-order valence-corrected chi connectivity index (χ4v) is 1.41. The second kappa shape index (κ2) is 1.49. The summed E-state index contributed by atoms with van der Waals surface area (Å²) in [5.41, 5.74) is 0.708. The molecule has 2 atom stereocenters. The van der Waals surface area contributed by atoms with Crippen LogP contribution in [0, 0.1) is 17.3 Å². The average molecular weight is 112 g/mol. The van der Waals surface area contributed by atoms with Gasteiger partial charge >= 0.3 is 0 Å². The molecule has 0 aliphatic heterocycles. The van der Waals surface area contributed by atoms with E-state index in [1.807, 2.05) is 0 Å². The van der Waals surface area contributed by atoms with Gasteiger partial charge in [-0.05, 0) is 23.7 Å². The molecule has 48 valence electrons. The van der Waals surface area contributed by atoms with Crippen LogP contribution < -0.4 is 0 Å². The zero-order valence-electron chi connectivity index (χ0n) is 6.36. The Morgan fingerprint density at radius 2 is 1.88 bits per heavy atom. The van der Waals surface area contributed by atoms with Crippen molar-refractivity contribution >= 4 is 0 Å². The molecule has 0 spiro atoms. The average Bonchev–Trinajstić information content (AvgIpc) is 2.17. The lowest BCUT2D eigenvalue weighted by Gasteiger charge is -2.13. The summed E-state index contributed by atoms with van der Waals surface area (Å²) in [5, 5.41) is 0. The first-order chi connectivity index (χ1) is 3.57. The molecule has 0 aromatic heterocycles. The van der Waals surface area contributed by atoms with E-state index >= 15 is 0 Å². The number of hydrogen-bond acceptors (Lipinski definition) is 0. The van der Waals surface area contributed by atoms with Crippen molar-refractivity contribution in [3.8, 4) is 0 Å². The van der Waals surface area contributed by atoms with E-state index in [0.717, 1.165) is 11.8 Å². The first-order valence-electron chi connectivity index (χ1n) is 3.57. The van der Waals surface area contributed by atoms with Gasteiger partial charge < -0.3 is 0 Å². The third-order valence-electron chi connectivity index (χ3n) is 3.03. The summed E-state index contributed by atoms with van der Waals surface area (Å²) in [4.78, 5) is 0. The molecule has 0 bridgehead atoms. The molecular weight excluding hydrogens is 96.1 g/mol. The Hall–Kier alpha value is 0. The van der Waals surface area contributed by atoms with Crippen LogP contribution in [0.5, 0.6) is 0 Å². The number of hydrogen-bond donors (Lipinski definition) is 0. The third-order valence-corrected chi connectivity index (χ3v) is 3.03. The van der Waals surface area contributed by atoms with Crippen molar-refractivity contribution in [1.29, 1.82) is 0 Å². The second-order valence-electron chi connectivity index (χ2n) is 3.77. The molecule has 2 unspecified atom stereocenters. The number of rotatable bonds is 1. The normalized spacial score (nSPS) is 45.4. The highest BCUT2D eigenvalue weighted by Gasteiger charge is 2.48. The zero-order chi connectivity index (χ0) is 6.36. The predicted molar refractivity (Wildman–Crippen MR) is 36.7 cm³/mol. The molecule has 8 heavy (non-hydrogen) atoms. The van der Waals surface area contributed by atoms with Crippen molar-refractivity contribution in [2.45, 2.75) is 34.1 Å². The van der Waals surface area contributed by atoms with E-state index in [0.29, 0.717) is 5.41 Å². The van der Waals surface area contributed by atoms with Gasteiger partial charge in [0.2, 0.25) is 0 Å². The Morgan fingerprint density at radius 3 is 1.88 bits per heavy atom. The molecule has 0 aromatic carbocycles. The van der Waals surface area contributed by atoms with Gasteiger partial charge in [0.25, 0.3) is 0 Å². The molecule has 0 N–H and O–H groups in total. The first-order valence-corrected chi connectivity index (χ1v) is 3.57. The van der Waals surface area contributed by atoms with Gasteiger partial charge in [-0.3, -0.25) is 0 Å². The molecule has 0 amide bonds. The van der Waals surface area contributed by atoms with Crippen LogP contribution in [0.2, 0.25) is 0 Å². The Bertz CT molecular complexity index is 94.2. The molecule has 1 rings (SSSR count). The molecule has 1 fully saturated rings. The molecule has 1 saturated carbocycles. The van der Waals surface area contributed by atoms with Crippen LogP contribution in [0.25, 0.3) is 0 Å². The van der Waals surface area contributed by atoms with Gasteiger partial charge in [-0.25, -0.2) is 0 Å². The summed E-state index contributed by atoms with van der Waals surface area (Å²) in [7, 11) is 0. The summed E-state index contributed by atoms with van der Waals surface area (Å²) in [5.74, 6) is 1.87. The van der Waals surface area contributed by atoms with E-state index in [1.54, 1.807) is 0 Å². The topological polar surface area (TPSA) is 0 Å². The summed E-state index contributed by atoms with van der Waals surface area (Å²) >= 11 is 0. The third kappa shape index (κ3) is 0.667. The summed E-state index contributed by atoms with van der Waals surface area (Å²) < 4.78 is 0. The van der Waals surface area contributed by atoms with Gasteiger partial charge in [0.1, 0.15) is 0 Å². The van der Waals surface area contributed by atoms with Gasteiger partial charge in [0.15, 0.2) is 0 Å². The van der Waals surface area contributed by atoms with Crippen LogP contribution in [0.3, 0.4) is 0 Å². The van der Waals surface area contributed by atoms with E-state index in [4.69, 9.17) is 0 Å². The van der Waals surface area contributed by atoms with Gasteiger partial charge in [-0.15, -0.1) is 0 Å². The van der Waals surface area contributed by atoms with E-state index in [2.05, 4.69) is 27.7 Å². The van der Waals surface area contributed by atoms with Crippen molar-refractivity contribution in [3.63, 3.8) is 0 Å². The van der Waals surface area contributed by atoms with Crippen molar-refractivity contribution in [1.82, 2.24) is 0 Å².